The second kappa shape index (κ2) is 5.90. The van der Waals surface area contributed by atoms with Crippen LogP contribution in [0.1, 0.15) is 24.2 Å². The highest BCUT2D eigenvalue weighted by Crippen LogP contribution is 2.14. The smallest absolute Gasteiger partial charge is 0.338 e. The molecule has 0 heterocycles. The summed E-state index contributed by atoms with van der Waals surface area (Å²) in [5.41, 5.74) is 12.1. The molecule has 0 aliphatic carbocycles. The molecule has 1 aromatic rings. The van der Waals surface area contributed by atoms with Crippen molar-refractivity contribution in [2.75, 3.05) is 18.1 Å². The minimum atomic E-state index is -0.632. The van der Waals surface area contributed by atoms with Crippen LogP contribution in [0.5, 0.6) is 0 Å². The number of esters is 1. The fraction of sp³-hybridized carbons (Fsp3) is 0.333. The standard InChI is InChI=1S/C12H17N3O3/c1-7(2)15-11(16)6-18-12(17)8-3-9(13)5-10(14)4-8/h3-5,7H,6,13-14H2,1-2H3,(H,15,16). The van der Waals surface area contributed by atoms with E-state index in [0.29, 0.717) is 11.4 Å². The fourth-order valence-corrected chi connectivity index (χ4v) is 1.37. The molecule has 5 N–H and O–H groups in total. The van der Waals surface area contributed by atoms with Crippen molar-refractivity contribution in [2.45, 2.75) is 19.9 Å². The van der Waals surface area contributed by atoms with Crippen molar-refractivity contribution < 1.29 is 14.3 Å². The van der Waals surface area contributed by atoms with Crippen LogP contribution in [0.3, 0.4) is 0 Å². The zero-order chi connectivity index (χ0) is 13.7. The molecule has 18 heavy (non-hydrogen) atoms. The van der Waals surface area contributed by atoms with Gasteiger partial charge in [-0.05, 0) is 32.0 Å². The van der Waals surface area contributed by atoms with Crippen molar-refractivity contribution in [3.63, 3.8) is 0 Å². The number of amides is 1. The predicted molar refractivity (Wildman–Crippen MR) is 68.8 cm³/mol. The van der Waals surface area contributed by atoms with Crippen LogP contribution in [-0.4, -0.2) is 24.5 Å². The van der Waals surface area contributed by atoms with E-state index >= 15 is 0 Å². The first kappa shape index (κ1) is 13.8. The molecular weight excluding hydrogens is 234 g/mol. The van der Waals surface area contributed by atoms with E-state index in [2.05, 4.69) is 5.32 Å². The average Bonchev–Trinajstić information content (AvgIpc) is 2.23. The minimum Gasteiger partial charge on any atom is -0.452 e. The lowest BCUT2D eigenvalue weighted by Gasteiger charge is -2.09. The largest absolute Gasteiger partial charge is 0.452 e. The maximum Gasteiger partial charge on any atom is 0.338 e. The predicted octanol–water partition coefficient (Wildman–Crippen LogP) is 0.532. The van der Waals surface area contributed by atoms with E-state index < -0.39 is 5.97 Å². The van der Waals surface area contributed by atoms with E-state index in [1.165, 1.54) is 18.2 Å². The van der Waals surface area contributed by atoms with Crippen LogP contribution in [0.15, 0.2) is 18.2 Å². The van der Waals surface area contributed by atoms with Crippen molar-refractivity contribution in [3.05, 3.63) is 23.8 Å². The number of nitrogens with one attached hydrogen (secondary N) is 1. The molecule has 98 valence electrons. The molecule has 1 aromatic carbocycles. The van der Waals surface area contributed by atoms with Crippen LogP contribution in [0.4, 0.5) is 11.4 Å². The first-order chi connectivity index (χ1) is 8.38. The van der Waals surface area contributed by atoms with Crippen LogP contribution >= 0.6 is 0 Å². The van der Waals surface area contributed by atoms with Crippen LogP contribution in [0.2, 0.25) is 0 Å². The van der Waals surface area contributed by atoms with E-state index in [1.54, 1.807) is 0 Å². The monoisotopic (exact) mass is 251 g/mol. The average molecular weight is 251 g/mol. The Bertz CT molecular complexity index is 438. The number of hydrogen-bond donors (Lipinski definition) is 3. The van der Waals surface area contributed by atoms with Gasteiger partial charge < -0.3 is 21.5 Å². The number of benzene rings is 1. The Hall–Kier alpha value is -2.24. The van der Waals surface area contributed by atoms with Crippen LogP contribution < -0.4 is 16.8 Å². The van der Waals surface area contributed by atoms with Crippen molar-refractivity contribution in [1.82, 2.24) is 5.32 Å². The highest BCUT2D eigenvalue weighted by molar-refractivity contribution is 5.93. The molecule has 6 heteroatoms. The minimum absolute atomic E-state index is 0.000726. The third-order valence-electron chi connectivity index (χ3n) is 2.00. The number of nitrogen functional groups attached to an aromatic ring is 2. The number of anilines is 2. The second-order valence-corrected chi connectivity index (χ2v) is 4.19. The van der Waals surface area contributed by atoms with Crippen LogP contribution in [-0.2, 0) is 9.53 Å². The SMILES string of the molecule is CC(C)NC(=O)COC(=O)c1cc(N)cc(N)c1. The molecule has 1 amide bonds. The number of carbonyl (C=O) groups excluding carboxylic acids is 2. The number of ether oxygens (including phenoxy) is 1. The first-order valence-corrected chi connectivity index (χ1v) is 5.51. The molecule has 0 aliphatic heterocycles. The Morgan fingerprint density at radius 3 is 2.28 bits per heavy atom. The Morgan fingerprint density at radius 1 is 1.22 bits per heavy atom. The van der Waals surface area contributed by atoms with E-state index in [1.807, 2.05) is 13.8 Å². The van der Waals surface area contributed by atoms with Gasteiger partial charge in [0, 0.05) is 17.4 Å². The van der Waals surface area contributed by atoms with Gasteiger partial charge in [0.25, 0.3) is 5.91 Å². The van der Waals surface area contributed by atoms with Crippen LogP contribution in [0, 0.1) is 0 Å². The highest BCUT2D eigenvalue weighted by Gasteiger charge is 2.11. The quantitative estimate of drug-likeness (QED) is 0.534. The van der Waals surface area contributed by atoms with Gasteiger partial charge in [-0.2, -0.15) is 0 Å². The zero-order valence-corrected chi connectivity index (χ0v) is 10.4. The molecular formula is C12H17N3O3. The summed E-state index contributed by atoms with van der Waals surface area (Å²) in [7, 11) is 0. The summed E-state index contributed by atoms with van der Waals surface area (Å²) in [5.74, 6) is -0.983. The third-order valence-corrected chi connectivity index (χ3v) is 2.00. The summed E-state index contributed by atoms with van der Waals surface area (Å²) in [5, 5.41) is 2.61. The van der Waals surface area contributed by atoms with Gasteiger partial charge in [0.2, 0.25) is 0 Å². The molecule has 0 unspecified atom stereocenters. The number of hydrogen-bond acceptors (Lipinski definition) is 5. The van der Waals surface area contributed by atoms with Gasteiger partial charge >= 0.3 is 5.97 Å². The second-order valence-electron chi connectivity index (χ2n) is 4.19. The molecule has 1 rings (SSSR count). The molecule has 0 aromatic heterocycles. The molecule has 0 saturated heterocycles. The summed E-state index contributed by atoms with van der Waals surface area (Å²) in [6.45, 7) is 3.31. The lowest BCUT2D eigenvalue weighted by molar-refractivity contribution is -0.124. The summed E-state index contributed by atoms with van der Waals surface area (Å²) < 4.78 is 4.84. The van der Waals surface area contributed by atoms with Gasteiger partial charge in [-0.3, -0.25) is 4.79 Å². The molecule has 0 bridgehead atoms. The molecule has 0 spiro atoms. The molecule has 0 atom stereocenters. The number of nitrogens with two attached hydrogens (primary N) is 2. The van der Waals surface area contributed by atoms with E-state index in [-0.39, 0.29) is 24.1 Å². The summed E-state index contributed by atoms with van der Waals surface area (Å²) in [4.78, 5) is 22.9. The first-order valence-electron chi connectivity index (χ1n) is 5.51. The third kappa shape index (κ3) is 4.32. The lowest BCUT2D eigenvalue weighted by atomic mass is 10.2. The number of rotatable bonds is 4. The Morgan fingerprint density at radius 2 is 1.78 bits per heavy atom. The Labute approximate surface area is 105 Å². The van der Waals surface area contributed by atoms with E-state index in [4.69, 9.17) is 16.2 Å². The maximum absolute atomic E-state index is 11.6. The lowest BCUT2D eigenvalue weighted by Crippen LogP contribution is -2.34. The van der Waals surface area contributed by atoms with Crippen molar-refractivity contribution in [2.24, 2.45) is 0 Å². The van der Waals surface area contributed by atoms with Crippen LogP contribution in [0.25, 0.3) is 0 Å². The van der Waals surface area contributed by atoms with Gasteiger partial charge in [0.05, 0.1) is 5.56 Å². The van der Waals surface area contributed by atoms with Gasteiger partial charge in [0.1, 0.15) is 0 Å². The van der Waals surface area contributed by atoms with Gasteiger partial charge in [-0.25, -0.2) is 4.79 Å². The zero-order valence-electron chi connectivity index (χ0n) is 10.4. The maximum atomic E-state index is 11.6. The van der Waals surface area contributed by atoms with Gasteiger partial charge in [0.15, 0.2) is 6.61 Å². The molecule has 6 nitrogen and oxygen atoms in total. The Kier molecular flexibility index (Phi) is 4.53. The highest BCUT2D eigenvalue weighted by atomic mass is 16.5. The van der Waals surface area contributed by atoms with E-state index in [9.17, 15) is 9.59 Å². The topological polar surface area (TPSA) is 107 Å². The fourth-order valence-electron chi connectivity index (χ4n) is 1.37. The molecule has 0 radical (unpaired) electrons. The normalized spacial score (nSPS) is 10.2. The summed E-state index contributed by atoms with van der Waals surface area (Å²) in [6.07, 6.45) is 0. The number of carbonyl (C=O) groups is 2. The van der Waals surface area contributed by atoms with Crippen molar-refractivity contribution in [1.29, 1.82) is 0 Å². The summed E-state index contributed by atoms with van der Waals surface area (Å²) >= 11 is 0. The van der Waals surface area contributed by atoms with Crippen molar-refractivity contribution >= 4 is 23.3 Å². The van der Waals surface area contributed by atoms with Gasteiger partial charge in [-0.1, -0.05) is 0 Å². The van der Waals surface area contributed by atoms with Crippen molar-refractivity contribution in [3.8, 4) is 0 Å². The molecule has 0 saturated carbocycles. The Balaban J connectivity index is 2.58. The molecule has 0 fully saturated rings. The summed E-state index contributed by atoms with van der Waals surface area (Å²) in [6, 6.07) is 4.42. The molecule has 0 aliphatic rings. The van der Waals surface area contributed by atoms with E-state index in [0.717, 1.165) is 0 Å². The van der Waals surface area contributed by atoms with Gasteiger partial charge in [-0.15, -0.1) is 0 Å².